The zero-order valence-electron chi connectivity index (χ0n) is 32.0. The Morgan fingerprint density at radius 3 is 2.02 bits per heavy atom. The number of hydrogen-bond acceptors (Lipinski definition) is 4. The highest BCUT2D eigenvalue weighted by molar-refractivity contribution is 7.89. The van der Waals surface area contributed by atoms with Crippen molar-refractivity contribution in [1.29, 1.82) is 0 Å². The minimum Gasteiger partial charge on any atom is -0.414 e. The van der Waals surface area contributed by atoms with E-state index in [4.69, 9.17) is 9.53 Å². The molecule has 0 heterocycles. The van der Waals surface area contributed by atoms with Crippen LogP contribution in [0.2, 0.25) is 18.1 Å². The molecule has 3 saturated carbocycles. The number of hydrogen-bond donors (Lipinski definition) is 1. The van der Waals surface area contributed by atoms with Crippen LogP contribution in [0.25, 0.3) is 0 Å². The second-order valence-electron chi connectivity index (χ2n) is 18.6. The van der Waals surface area contributed by atoms with Crippen LogP contribution in [-0.2, 0) is 14.4 Å². The normalized spacial score (nSPS) is 32.4. The van der Waals surface area contributed by atoms with E-state index in [0.717, 1.165) is 55.4 Å². The van der Waals surface area contributed by atoms with Gasteiger partial charge in [0.05, 0.1) is 4.90 Å². The third-order valence-corrected chi connectivity index (χ3v) is 19.6. The zero-order chi connectivity index (χ0) is 34.9. The molecule has 0 aromatic heterocycles. The van der Waals surface area contributed by atoms with Gasteiger partial charge >= 0.3 is 0 Å². The van der Waals surface area contributed by atoms with Crippen molar-refractivity contribution in [3.8, 4) is 0 Å². The lowest BCUT2D eigenvalue weighted by Crippen LogP contribution is -2.52. The molecule has 0 bridgehead atoms. The maximum absolute atomic E-state index is 14.1. The van der Waals surface area contributed by atoms with E-state index in [1.54, 1.807) is 5.57 Å². The fraction of sp³-hybridized carbons (Fsp3) is 0.775. The zero-order valence-corrected chi connectivity index (χ0v) is 33.8. The molecule has 3 fully saturated rings. The Hall–Kier alpha value is -1.44. The van der Waals surface area contributed by atoms with Crippen LogP contribution < -0.4 is 4.83 Å². The predicted octanol–water partition coefficient (Wildman–Crippen LogP) is 11.0. The molecule has 6 atom stereocenters. The van der Waals surface area contributed by atoms with E-state index in [2.05, 4.69) is 112 Å². The van der Waals surface area contributed by atoms with Gasteiger partial charge in [0.15, 0.2) is 8.32 Å². The molecule has 1 N–H and O–H groups in total. The van der Waals surface area contributed by atoms with Crippen LogP contribution in [0.15, 0.2) is 33.8 Å². The maximum Gasteiger partial charge on any atom is 0.277 e. The summed E-state index contributed by atoms with van der Waals surface area (Å²) in [6.45, 7) is 29.5. The standard InChI is InChI=1S/C40H66N2O3SSi/c1-25(2)28-22-32(26(3)4)37(33(23-28)27(5)6)46(43,44)42-41-36-17-16-34-31-15-14-29-24-30(45-47(12,13)38(7,8)9)18-20-39(29,10)35(31)19-21-40(34,36)11/h14,22-23,25-27,30-31,34-35,42H,15-21,24H2,1-13H3/b41-36-/t30-,31?,34?,35?,39-,40-/m0/s1. The van der Waals surface area contributed by atoms with Crippen LogP contribution in [0.4, 0.5) is 0 Å². The topological polar surface area (TPSA) is 67.8 Å². The SMILES string of the molecule is CC(C)c1cc(C(C)C)c(S(=O)(=O)N/N=C2/CCC3C4CC=C5C[C@@H](O[Si](C)(C)C(C)(C)C)CC[C@]5(C)C4CC[C@]23C)c(C(C)C)c1. The molecule has 4 aliphatic carbocycles. The maximum atomic E-state index is 14.1. The van der Waals surface area contributed by atoms with Crippen LogP contribution in [0.3, 0.4) is 0 Å². The third kappa shape index (κ3) is 6.60. The average molecular weight is 683 g/mol. The van der Waals surface area contributed by atoms with Gasteiger partial charge < -0.3 is 4.43 Å². The van der Waals surface area contributed by atoms with E-state index < -0.39 is 18.3 Å². The van der Waals surface area contributed by atoms with Gasteiger partial charge in [-0.25, -0.2) is 4.83 Å². The minimum atomic E-state index is -3.84. The molecule has 0 amide bonds. The van der Waals surface area contributed by atoms with Crippen molar-refractivity contribution >= 4 is 24.1 Å². The molecule has 1 aromatic rings. The molecule has 4 aliphatic rings. The molecule has 7 heteroatoms. The number of benzene rings is 1. The van der Waals surface area contributed by atoms with Crippen LogP contribution in [-0.4, -0.2) is 28.6 Å². The second-order valence-corrected chi connectivity index (χ2v) is 25.0. The summed E-state index contributed by atoms with van der Waals surface area (Å²) in [5, 5.41) is 5.07. The summed E-state index contributed by atoms with van der Waals surface area (Å²) in [6, 6.07) is 4.21. The van der Waals surface area contributed by atoms with Crippen LogP contribution in [0.1, 0.15) is 162 Å². The lowest BCUT2D eigenvalue weighted by atomic mass is 9.48. The highest BCUT2D eigenvalue weighted by Crippen LogP contribution is 2.64. The Morgan fingerprint density at radius 1 is 0.894 bits per heavy atom. The van der Waals surface area contributed by atoms with Crippen molar-refractivity contribution in [2.24, 2.45) is 33.7 Å². The molecular formula is C40H66N2O3SSi. The lowest BCUT2D eigenvalue weighted by molar-refractivity contribution is -0.0194. The van der Waals surface area contributed by atoms with Gasteiger partial charge in [-0.1, -0.05) is 99.9 Å². The molecule has 5 nitrogen and oxygen atoms in total. The van der Waals surface area contributed by atoms with Gasteiger partial charge in [-0.05, 0) is 127 Å². The highest BCUT2D eigenvalue weighted by atomic mass is 32.2. The van der Waals surface area contributed by atoms with Gasteiger partial charge in [-0.2, -0.15) is 13.5 Å². The van der Waals surface area contributed by atoms with Crippen molar-refractivity contribution in [1.82, 2.24) is 4.83 Å². The van der Waals surface area contributed by atoms with Crippen LogP contribution >= 0.6 is 0 Å². The van der Waals surface area contributed by atoms with Gasteiger partial charge in [0.1, 0.15) is 0 Å². The van der Waals surface area contributed by atoms with Crippen molar-refractivity contribution in [2.45, 2.75) is 174 Å². The van der Waals surface area contributed by atoms with E-state index in [1.165, 1.54) is 18.4 Å². The summed E-state index contributed by atoms with van der Waals surface area (Å²) >= 11 is 0. The molecule has 3 unspecified atom stereocenters. The molecule has 1 aromatic carbocycles. The van der Waals surface area contributed by atoms with Crippen LogP contribution in [0.5, 0.6) is 0 Å². The first-order valence-electron chi connectivity index (χ1n) is 18.8. The predicted molar refractivity (Wildman–Crippen MR) is 200 cm³/mol. The molecule has 47 heavy (non-hydrogen) atoms. The Balaban J connectivity index is 1.38. The van der Waals surface area contributed by atoms with Gasteiger partial charge in [-0.3, -0.25) is 0 Å². The van der Waals surface area contributed by atoms with Gasteiger partial charge in [-0.15, -0.1) is 0 Å². The van der Waals surface area contributed by atoms with E-state index in [-0.39, 0.29) is 27.7 Å². The largest absolute Gasteiger partial charge is 0.414 e. The third-order valence-electron chi connectivity index (χ3n) is 13.7. The Kier molecular flexibility index (Phi) is 9.96. The smallest absolute Gasteiger partial charge is 0.277 e. The summed E-state index contributed by atoms with van der Waals surface area (Å²) in [6.07, 6.45) is 11.8. The summed E-state index contributed by atoms with van der Waals surface area (Å²) in [7, 11) is -5.64. The number of allylic oxidation sites excluding steroid dienone is 1. The van der Waals surface area contributed by atoms with Crippen molar-refractivity contribution < 1.29 is 12.8 Å². The first-order chi connectivity index (χ1) is 21.6. The average Bonchev–Trinajstić information content (AvgIpc) is 3.31. The van der Waals surface area contributed by atoms with Crippen LogP contribution in [0, 0.1) is 28.6 Å². The quantitative estimate of drug-likeness (QED) is 0.169. The monoisotopic (exact) mass is 682 g/mol. The Morgan fingerprint density at radius 2 is 1.47 bits per heavy atom. The summed E-state index contributed by atoms with van der Waals surface area (Å²) in [4.78, 5) is 3.25. The summed E-state index contributed by atoms with van der Waals surface area (Å²) in [5.41, 5.74) is 5.89. The van der Waals surface area contributed by atoms with Gasteiger partial charge in [0.2, 0.25) is 0 Å². The number of sulfonamides is 1. The Labute approximate surface area is 289 Å². The fourth-order valence-electron chi connectivity index (χ4n) is 9.65. The minimum absolute atomic E-state index is 0.0582. The number of nitrogens with zero attached hydrogens (tertiary/aromatic N) is 1. The van der Waals surface area contributed by atoms with Gasteiger partial charge in [0, 0.05) is 17.2 Å². The second kappa shape index (κ2) is 12.7. The van der Waals surface area contributed by atoms with E-state index in [9.17, 15) is 8.42 Å². The molecule has 264 valence electrons. The van der Waals surface area contributed by atoms with E-state index in [1.807, 2.05) is 0 Å². The highest BCUT2D eigenvalue weighted by Gasteiger charge is 2.58. The number of hydrazone groups is 1. The summed E-state index contributed by atoms with van der Waals surface area (Å²) < 4.78 is 35.2. The molecule has 0 radical (unpaired) electrons. The number of nitrogens with one attached hydrogen (secondary N) is 1. The van der Waals surface area contributed by atoms with Crippen molar-refractivity contribution in [3.05, 3.63) is 40.5 Å². The molecule has 0 spiro atoms. The van der Waals surface area contributed by atoms with Gasteiger partial charge in [0.25, 0.3) is 10.0 Å². The number of fused-ring (bicyclic) bond motifs is 5. The lowest BCUT2D eigenvalue weighted by Gasteiger charge is -2.57. The molecule has 0 aliphatic heterocycles. The van der Waals surface area contributed by atoms with Crippen molar-refractivity contribution in [3.63, 3.8) is 0 Å². The first-order valence-corrected chi connectivity index (χ1v) is 23.2. The number of rotatable bonds is 8. The fourth-order valence-corrected chi connectivity index (χ4v) is 12.6. The molecule has 5 rings (SSSR count). The van der Waals surface area contributed by atoms with E-state index in [0.29, 0.717) is 34.7 Å². The Bertz CT molecular complexity index is 1490. The van der Waals surface area contributed by atoms with E-state index >= 15 is 0 Å². The summed E-state index contributed by atoms with van der Waals surface area (Å²) in [5.74, 6) is 2.38. The molecular weight excluding hydrogens is 617 g/mol. The first kappa shape index (κ1) is 36.8. The molecule has 0 saturated heterocycles. The van der Waals surface area contributed by atoms with Crippen molar-refractivity contribution in [2.75, 3.05) is 0 Å².